The first-order valence-electron chi connectivity index (χ1n) is 5.87. The molecule has 0 aliphatic heterocycles. The van der Waals surface area contributed by atoms with Crippen LogP contribution in [0, 0.1) is 5.82 Å². The van der Waals surface area contributed by atoms with E-state index in [0.717, 1.165) is 5.56 Å². The molecule has 1 aromatic carbocycles. The van der Waals surface area contributed by atoms with Crippen molar-refractivity contribution in [1.29, 1.82) is 0 Å². The summed E-state index contributed by atoms with van der Waals surface area (Å²) >= 11 is 0. The third-order valence-corrected chi connectivity index (χ3v) is 2.35. The number of ether oxygens (including phenoxy) is 1. The number of carbonyl (C=O) groups excluding carboxylic acids is 1. The van der Waals surface area contributed by atoms with Gasteiger partial charge in [0.15, 0.2) is 0 Å². The summed E-state index contributed by atoms with van der Waals surface area (Å²) in [5.74, 6) is -0.769. The van der Waals surface area contributed by atoms with Crippen LogP contribution in [0.3, 0.4) is 0 Å². The van der Waals surface area contributed by atoms with Crippen LogP contribution in [0.5, 0.6) is 0 Å². The van der Waals surface area contributed by atoms with Gasteiger partial charge in [0.1, 0.15) is 17.0 Å². The van der Waals surface area contributed by atoms with E-state index < -0.39 is 17.1 Å². The van der Waals surface area contributed by atoms with Crippen molar-refractivity contribution in [2.75, 3.05) is 0 Å². The highest BCUT2D eigenvalue weighted by Gasteiger charge is 2.33. The van der Waals surface area contributed by atoms with Gasteiger partial charge in [-0.1, -0.05) is 12.1 Å². The lowest BCUT2D eigenvalue weighted by atomic mass is 9.94. The zero-order valence-corrected chi connectivity index (χ0v) is 11.3. The molecule has 0 aliphatic carbocycles. The molecule has 3 nitrogen and oxygen atoms in total. The molecule has 1 aromatic rings. The minimum atomic E-state index is -1.12. The summed E-state index contributed by atoms with van der Waals surface area (Å²) in [5.41, 5.74) is 5.08. The minimum absolute atomic E-state index is 0.308. The summed E-state index contributed by atoms with van der Waals surface area (Å²) in [7, 11) is 0. The van der Waals surface area contributed by atoms with Gasteiger partial charge in [-0.15, -0.1) is 0 Å². The lowest BCUT2D eigenvalue weighted by Crippen LogP contribution is -2.50. The van der Waals surface area contributed by atoms with Crippen molar-refractivity contribution in [3.8, 4) is 0 Å². The Hall–Kier alpha value is -1.42. The summed E-state index contributed by atoms with van der Waals surface area (Å²) in [6.07, 6.45) is 0.308. The Morgan fingerprint density at radius 2 is 1.72 bits per heavy atom. The summed E-state index contributed by atoms with van der Waals surface area (Å²) in [6, 6.07) is 5.93. The van der Waals surface area contributed by atoms with Crippen LogP contribution in [0.1, 0.15) is 33.3 Å². The van der Waals surface area contributed by atoms with E-state index in [1.807, 2.05) is 0 Å². The topological polar surface area (TPSA) is 52.3 Å². The van der Waals surface area contributed by atoms with Gasteiger partial charge < -0.3 is 10.5 Å². The number of esters is 1. The average Bonchev–Trinajstić information content (AvgIpc) is 2.18. The third-order valence-electron chi connectivity index (χ3n) is 2.35. The van der Waals surface area contributed by atoms with E-state index in [0.29, 0.717) is 6.42 Å². The molecule has 0 heterocycles. The monoisotopic (exact) mass is 253 g/mol. The Morgan fingerprint density at radius 1 is 1.22 bits per heavy atom. The number of halogens is 1. The van der Waals surface area contributed by atoms with Crippen molar-refractivity contribution < 1.29 is 13.9 Å². The van der Waals surface area contributed by atoms with Crippen molar-refractivity contribution in [3.63, 3.8) is 0 Å². The molecule has 0 aromatic heterocycles. The van der Waals surface area contributed by atoms with Gasteiger partial charge in [-0.25, -0.2) is 4.39 Å². The molecule has 0 spiro atoms. The Morgan fingerprint density at radius 3 is 2.17 bits per heavy atom. The average molecular weight is 253 g/mol. The first-order valence-corrected chi connectivity index (χ1v) is 5.87. The predicted molar refractivity (Wildman–Crippen MR) is 68.5 cm³/mol. The van der Waals surface area contributed by atoms with Gasteiger partial charge >= 0.3 is 5.97 Å². The molecule has 0 radical (unpaired) electrons. The SMILES string of the molecule is CC(C)(C)OC(=O)C(C)(N)Cc1ccc(F)cc1. The molecular weight excluding hydrogens is 233 g/mol. The first kappa shape index (κ1) is 14.6. The fraction of sp³-hybridized carbons (Fsp3) is 0.500. The smallest absolute Gasteiger partial charge is 0.326 e. The summed E-state index contributed by atoms with van der Waals surface area (Å²) in [5, 5.41) is 0. The normalized spacial score (nSPS) is 15.0. The van der Waals surface area contributed by atoms with Crippen LogP contribution in [-0.4, -0.2) is 17.1 Å². The summed E-state index contributed by atoms with van der Waals surface area (Å²) in [6.45, 7) is 6.99. The van der Waals surface area contributed by atoms with Gasteiger partial charge in [0.05, 0.1) is 0 Å². The zero-order chi connectivity index (χ0) is 14.0. The Labute approximate surface area is 107 Å². The van der Waals surface area contributed by atoms with Crippen LogP contribution >= 0.6 is 0 Å². The molecule has 0 fully saturated rings. The lowest BCUT2D eigenvalue weighted by Gasteiger charge is -2.28. The molecule has 0 amide bonds. The van der Waals surface area contributed by atoms with Crippen molar-refractivity contribution in [2.24, 2.45) is 5.73 Å². The third kappa shape index (κ3) is 4.45. The molecule has 1 rings (SSSR count). The Balaban J connectivity index is 2.75. The minimum Gasteiger partial charge on any atom is -0.459 e. The standard InChI is InChI=1S/C14H20FNO2/c1-13(2,3)18-12(17)14(4,16)9-10-5-7-11(15)8-6-10/h5-8H,9,16H2,1-4H3. The Bertz CT molecular complexity index is 418. The van der Waals surface area contributed by atoms with Crippen LogP contribution in [0.25, 0.3) is 0 Å². The quantitative estimate of drug-likeness (QED) is 0.842. The fourth-order valence-electron chi connectivity index (χ4n) is 1.49. The molecule has 2 N–H and O–H groups in total. The van der Waals surface area contributed by atoms with E-state index in [1.165, 1.54) is 12.1 Å². The number of hydrogen-bond donors (Lipinski definition) is 1. The first-order chi connectivity index (χ1) is 8.10. The number of benzene rings is 1. The summed E-state index contributed by atoms with van der Waals surface area (Å²) < 4.78 is 18.0. The zero-order valence-electron chi connectivity index (χ0n) is 11.3. The maximum Gasteiger partial charge on any atom is 0.326 e. The second kappa shape index (κ2) is 5.06. The van der Waals surface area contributed by atoms with Gasteiger partial charge in [-0.3, -0.25) is 4.79 Å². The van der Waals surface area contributed by atoms with Crippen LogP contribution in [0.4, 0.5) is 4.39 Å². The molecule has 4 heteroatoms. The van der Waals surface area contributed by atoms with Gasteiger partial charge in [0, 0.05) is 6.42 Å². The number of hydrogen-bond acceptors (Lipinski definition) is 3. The van der Waals surface area contributed by atoms with E-state index in [9.17, 15) is 9.18 Å². The van der Waals surface area contributed by atoms with Gasteiger partial charge in [0.2, 0.25) is 0 Å². The van der Waals surface area contributed by atoms with Gasteiger partial charge in [0.25, 0.3) is 0 Å². The van der Waals surface area contributed by atoms with Crippen LogP contribution in [-0.2, 0) is 16.0 Å². The van der Waals surface area contributed by atoms with E-state index >= 15 is 0 Å². The van der Waals surface area contributed by atoms with Crippen molar-refractivity contribution in [2.45, 2.75) is 45.3 Å². The van der Waals surface area contributed by atoms with Gasteiger partial charge in [-0.2, -0.15) is 0 Å². The molecule has 100 valence electrons. The predicted octanol–water partition coefficient (Wildman–Crippen LogP) is 2.43. The highest BCUT2D eigenvalue weighted by Crippen LogP contribution is 2.17. The number of carbonyl (C=O) groups is 1. The molecule has 1 unspecified atom stereocenters. The van der Waals surface area contributed by atoms with Crippen LogP contribution in [0.15, 0.2) is 24.3 Å². The van der Waals surface area contributed by atoms with Crippen molar-refractivity contribution in [1.82, 2.24) is 0 Å². The van der Waals surface area contributed by atoms with E-state index in [4.69, 9.17) is 10.5 Å². The second-order valence-electron chi connectivity index (χ2n) is 5.72. The highest BCUT2D eigenvalue weighted by molar-refractivity contribution is 5.80. The Kier molecular flexibility index (Phi) is 4.12. The summed E-state index contributed by atoms with van der Waals surface area (Å²) in [4.78, 5) is 11.9. The van der Waals surface area contributed by atoms with E-state index in [-0.39, 0.29) is 5.82 Å². The molecule has 0 saturated carbocycles. The van der Waals surface area contributed by atoms with E-state index in [1.54, 1.807) is 39.8 Å². The molecule has 0 aliphatic rings. The molecule has 1 atom stereocenters. The molecule has 18 heavy (non-hydrogen) atoms. The second-order valence-corrected chi connectivity index (χ2v) is 5.72. The largest absolute Gasteiger partial charge is 0.459 e. The molecule has 0 bridgehead atoms. The maximum absolute atomic E-state index is 12.8. The number of rotatable bonds is 3. The van der Waals surface area contributed by atoms with Crippen molar-refractivity contribution >= 4 is 5.97 Å². The van der Waals surface area contributed by atoms with Gasteiger partial charge in [-0.05, 0) is 45.4 Å². The van der Waals surface area contributed by atoms with Crippen LogP contribution < -0.4 is 5.73 Å². The highest BCUT2D eigenvalue weighted by atomic mass is 19.1. The van der Waals surface area contributed by atoms with Crippen molar-refractivity contribution in [3.05, 3.63) is 35.6 Å². The van der Waals surface area contributed by atoms with E-state index in [2.05, 4.69) is 0 Å². The lowest BCUT2D eigenvalue weighted by molar-refractivity contribution is -0.160. The fourth-order valence-corrected chi connectivity index (χ4v) is 1.49. The molecule has 0 saturated heterocycles. The number of nitrogens with two attached hydrogens (primary N) is 1. The maximum atomic E-state index is 12.8. The van der Waals surface area contributed by atoms with Crippen LogP contribution in [0.2, 0.25) is 0 Å². The molecular formula is C14H20FNO2.